The standard InChI is InChI=1S/C18H25ClN2O4.C2HF3O2/c1-10-8-15(23)12(9-13(10)19)16(20)11-2-5-21(6-3-11)18(24)17-14(22)4-7-25-17;3-2(4,5)1(6)7/h8-9,11,14,16-17,22-23H,2-7,20H2,1H3;(H,6,7)/t14-,16?,17+;/m0./s1. The lowest BCUT2D eigenvalue weighted by Crippen LogP contribution is -2.47. The Morgan fingerprint density at radius 2 is 1.81 bits per heavy atom. The van der Waals surface area contributed by atoms with Crippen LogP contribution < -0.4 is 5.73 Å². The van der Waals surface area contributed by atoms with Gasteiger partial charge in [-0.15, -0.1) is 0 Å². The first kappa shape index (κ1) is 26.2. The van der Waals surface area contributed by atoms with E-state index in [9.17, 15) is 28.2 Å². The summed E-state index contributed by atoms with van der Waals surface area (Å²) in [6, 6.07) is 3.04. The van der Waals surface area contributed by atoms with Crippen molar-refractivity contribution < 1.29 is 42.8 Å². The van der Waals surface area contributed by atoms with E-state index in [0.717, 1.165) is 18.4 Å². The Bertz CT molecular complexity index is 830. The molecule has 0 aromatic heterocycles. The summed E-state index contributed by atoms with van der Waals surface area (Å²) >= 11 is 6.16. The van der Waals surface area contributed by atoms with E-state index in [1.807, 2.05) is 6.92 Å². The van der Waals surface area contributed by atoms with E-state index in [4.69, 9.17) is 32.0 Å². The Balaban J connectivity index is 0.000000451. The molecule has 0 radical (unpaired) electrons. The van der Waals surface area contributed by atoms with Crippen LogP contribution in [0.3, 0.4) is 0 Å². The number of ether oxygens (including phenoxy) is 1. The van der Waals surface area contributed by atoms with Crippen molar-refractivity contribution in [2.24, 2.45) is 11.7 Å². The number of phenols is 1. The predicted octanol–water partition coefficient (Wildman–Crippen LogP) is 2.38. The molecule has 180 valence electrons. The van der Waals surface area contributed by atoms with E-state index in [2.05, 4.69) is 0 Å². The second kappa shape index (κ2) is 10.7. The number of carbonyl (C=O) groups is 2. The minimum Gasteiger partial charge on any atom is -0.508 e. The van der Waals surface area contributed by atoms with Crippen molar-refractivity contribution in [3.8, 4) is 5.75 Å². The predicted molar refractivity (Wildman–Crippen MR) is 108 cm³/mol. The molecule has 0 spiro atoms. The fourth-order valence-corrected chi connectivity index (χ4v) is 3.85. The number of nitrogens with two attached hydrogens (primary N) is 1. The van der Waals surface area contributed by atoms with Crippen LogP contribution in [-0.2, 0) is 14.3 Å². The fraction of sp³-hybridized carbons (Fsp3) is 0.600. The SMILES string of the molecule is Cc1cc(O)c(C(N)C2CCN(C(=O)[C@@H]3OCC[C@@H]3O)CC2)cc1Cl.O=C(O)C(F)(F)F. The van der Waals surface area contributed by atoms with Crippen LogP contribution in [0, 0.1) is 12.8 Å². The number of nitrogens with zero attached hydrogens (tertiary/aromatic N) is 1. The average Bonchev–Trinajstić information content (AvgIpc) is 3.15. The topological polar surface area (TPSA) is 133 Å². The van der Waals surface area contributed by atoms with Gasteiger partial charge in [0.15, 0.2) is 6.10 Å². The molecule has 3 rings (SSSR count). The molecule has 2 saturated heterocycles. The van der Waals surface area contributed by atoms with Crippen molar-refractivity contribution in [1.82, 2.24) is 4.90 Å². The molecule has 1 amide bonds. The molecular weight excluding hydrogens is 457 g/mol. The number of halogens is 4. The monoisotopic (exact) mass is 482 g/mol. The second-order valence-electron chi connectivity index (χ2n) is 7.80. The summed E-state index contributed by atoms with van der Waals surface area (Å²) in [6.07, 6.45) is -4.55. The minimum absolute atomic E-state index is 0.141. The number of likely N-dealkylation sites (tertiary alicyclic amines) is 1. The lowest BCUT2D eigenvalue weighted by Gasteiger charge is -2.36. The van der Waals surface area contributed by atoms with Crippen molar-refractivity contribution in [3.63, 3.8) is 0 Å². The van der Waals surface area contributed by atoms with Crippen LogP contribution in [0.25, 0.3) is 0 Å². The number of amides is 1. The van der Waals surface area contributed by atoms with Crippen molar-refractivity contribution in [2.75, 3.05) is 19.7 Å². The molecule has 0 bridgehead atoms. The quantitative estimate of drug-likeness (QED) is 0.519. The number of hydrogen-bond acceptors (Lipinski definition) is 6. The zero-order valence-corrected chi connectivity index (χ0v) is 18.1. The van der Waals surface area contributed by atoms with Gasteiger partial charge in [-0.1, -0.05) is 11.6 Å². The average molecular weight is 483 g/mol. The highest BCUT2D eigenvalue weighted by Gasteiger charge is 2.39. The molecule has 8 nitrogen and oxygen atoms in total. The van der Waals surface area contributed by atoms with Gasteiger partial charge in [0.1, 0.15) is 5.75 Å². The highest BCUT2D eigenvalue weighted by atomic mass is 35.5. The number of hydrogen-bond donors (Lipinski definition) is 4. The van der Waals surface area contributed by atoms with E-state index in [-0.39, 0.29) is 23.6 Å². The molecule has 1 aromatic carbocycles. The van der Waals surface area contributed by atoms with Crippen molar-refractivity contribution in [1.29, 1.82) is 0 Å². The molecular formula is C20H26ClF3N2O6. The molecule has 32 heavy (non-hydrogen) atoms. The van der Waals surface area contributed by atoms with Crippen LogP contribution in [0.4, 0.5) is 13.2 Å². The van der Waals surface area contributed by atoms with E-state index < -0.39 is 24.4 Å². The highest BCUT2D eigenvalue weighted by Crippen LogP contribution is 2.36. The number of carboxylic acid groups (broad SMARTS) is 1. The van der Waals surface area contributed by atoms with Gasteiger partial charge in [0.25, 0.3) is 5.91 Å². The fourth-order valence-electron chi connectivity index (χ4n) is 3.68. The summed E-state index contributed by atoms with van der Waals surface area (Å²) in [7, 11) is 0. The Morgan fingerprint density at radius 3 is 2.28 bits per heavy atom. The summed E-state index contributed by atoms with van der Waals surface area (Å²) in [6.45, 7) is 3.40. The lowest BCUT2D eigenvalue weighted by molar-refractivity contribution is -0.192. The zero-order valence-electron chi connectivity index (χ0n) is 17.3. The molecule has 12 heteroatoms. The maximum atomic E-state index is 12.4. The zero-order chi connectivity index (χ0) is 24.2. The second-order valence-corrected chi connectivity index (χ2v) is 8.21. The smallest absolute Gasteiger partial charge is 0.490 e. The van der Waals surface area contributed by atoms with Gasteiger partial charge in [-0.25, -0.2) is 4.79 Å². The Morgan fingerprint density at radius 1 is 1.25 bits per heavy atom. The molecule has 0 aliphatic carbocycles. The summed E-state index contributed by atoms with van der Waals surface area (Å²) in [5.74, 6) is -2.58. The number of phenolic OH excluding ortho intramolecular Hbond substituents is 1. The number of carboxylic acids is 1. The van der Waals surface area contributed by atoms with Crippen LogP contribution in [-0.4, -0.2) is 70.2 Å². The van der Waals surface area contributed by atoms with Gasteiger partial charge in [-0.05, 0) is 49.8 Å². The van der Waals surface area contributed by atoms with Crippen LogP contribution in [0.1, 0.15) is 36.4 Å². The summed E-state index contributed by atoms with van der Waals surface area (Å²) in [5.41, 5.74) is 7.83. The summed E-state index contributed by atoms with van der Waals surface area (Å²) < 4.78 is 37.1. The number of benzene rings is 1. The van der Waals surface area contributed by atoms with E-state index >= 15 is 0 Å². The third kappa shape index (κ3) is 6.47. The molecule has 0 saturated carbocycles. The van der Waals surface area contributed by atoms with E-state index in [1.165, 1.54) is 0 Å². The first-order valence-electron chi connectivity index (χ1n) is 9.96. The number of aliphatic hydroxyl groups excluding tert-OH is 1. The van der Waals surface area contributed by atoms with Gasteiger partial charge < -0.3 is 30.7 Å². The minimum atomic E-state index is -5.08. The summed E-state index contributed by atoms with van der Waals surface area (Å²) in [4.78, 5) is 23.1. The Hall–Kier alpha value is -2.08. The molecule has 3 atom stereocenters. The molecule has 1 aromatic rings. The molecule has 5 N–H and O–H groups in total. The molecule has 2 fully saturated rings. The van der Waals surface area contributed by atoms with Gasteiger partial charge in [0.2, 0.25) is 0 Å². The Labute approximate surface area is 187 Å². The van der Waals surface area contributed by atoms with Gasteiger partial charge in [-0.3, -0.25) is 4.79 Å². The van der Waals surface area contributed by atoms with Gasteiger partial charge >= 0.3 is 12.1 Å². The number of carbonyl (C=O) groups excluding carboxylic acids is 1. The molecule has 1 unspecified atom stereocenters. The maximum Gasteiger partial charge on any atom is 0.490 e. The lowest BCUT2D eigenvalue weighted by atomic mass is 9.85. The van der Waals surface area contributed by atoms with Crippen LogP contribution in [0.15, 0.2) is 12.1 Å². The van der Waals surface area contributed by atoms with E-state index in [1.54, 1.807) is 17.0 Å². The number of aryl methyl sites for hydroxylation is 1. The van der Waals surface area contributed by atoms with Gasteiger partial charge in [0, 0.05) is 29.7 Å². The largest absolute Gasteiger partial charge is 0.508 e. The van der Waals surface area contributed by atoms with Crippen LogP contribution in [0.2, 0.25) is 5.02 Å². The van der Waals surface area contributed by atoms with Crippen molar-refractivity contribution >= 4 is 23.5 Å². The number of aliphatic carboxylic acids is 1. The Kier molecular flexibility index (Phi) is 8.74. The highest BCUT2D eigenvalue weighted by molar-refractivity contribution is 6.31. The first-order chi connectivity index (χ1) is 14.8. The van der Waals surface area contributed by atoms with Gasteiger partial charge in [0.05, 0.1) is 12.7 Å². The molecule has 2 aliphatic rings. The summed E-state index contributed by atoms with van der Waals surface area (Å²) in [5, 5.41) is 27.7. The third-order valence-corrected chi connectivity index (χ3v) is 5.98. The number of alkyl halides is 3. The van der Waals surface area contributed by atoms with E-state index in [0.29, 0.717) is 36.7 Å². The normalized spacial score (nSPS) is 22.8. The number of rotatable bonds is 3. The third-order valence-electron chi connectivity index (χ3n) is 5.57. The first-order valence-corrected chi connectivity index (χ1v) is 10.3. The molecule has 2 heterocycles. The maximum absolute atomic E-state index is 12.4. The number of aliphatic hydroxyl groups is 1. The van der Waals surface area contributed by atoms with Gasteiger partial charge in [-0.2, -0.15) is 13.2 Å². The number of aromatic hydroxyl groups is 1. The number of piperidine rings is 1. The van der Waals surface area contributed by atoms with Crippen LogP contribution in [0.5, 0.6) is 5.75 Å². The van der Waals surface area contributed by atoms with Crippen molar-refractivity contribution in [3.05, 3.63) is 28.3 Å². The molecule has 2 aliphatic heterocycles. The van der Waals surface area contributed by atoms with Crippen LogP contribution >= 0.6 is 11.6 Å². The van der Waals surface area contributed by atoms with Crippen molar-refractivity contribution in [2.45, 2.75) is 50.6 Å².